The number of halogens is 1. The molecule has 1 aromatic carbocycles. The SMILES string of the molecule is CCc1c(CBr)cnn1Cc1ccccc1C. The molecule has 0 saturated heterocycles. The molecular formula is C14H17BrN2. The van der Waals surface area contributed by atoms with Gasteiger partial charge in [0.25, 0.3) is 0 Å². The Morgan fingerprint density at radius 2 is 2.00 bits per heavy atom. The van der Waals surface area contributed by atoms with E-state index in [2.05, 4.69) is 63.8 Å². The highest BCUT2D eigenvalue weighted by Gasteiger charge is 2.08. The van der Waals surface area contributed by atoms with Gasteiger partial charge in [0.1, 0.15) is 0 Å². The van der Waals surface area contributed by atoms with Crippen molar-refractivity contribution < 1.29 is 0 Å². The lowest BCUT2D eigenvalue weighted by Crippen LogP contribution is -2.07. The first kappa shape index (κ1) is 12.4. The summed E-state index contributed by atoms with van der Waals surface area (Å²) < 4.78 is 2.11. The number of hydrogen-bond acceptors (Lipinski definition) is 1. The summed E-state index contributed by atoms with van der Waals surface area (Å²) in [6.45, 7) is 5.19. The van der Waals surface area contributed by atoms with Crippen LogP contribution in [0.4, 0.5) is 0 Å². The Kier molecular flexibility index (Phi) is 4.00. The lowest BCUT2D eigenvalue weighted by Gasteiger charge is -2.09. The van der Waals surface area contributed by atoms with E-state index in [1.807, 2.05) is 6.20 Å². The van der Waals surface area contributed by atoms with Crippen LogP contribution in [0.15, 0.2) is 30.5 Å². The van der Waals surface area contributed by atoms with Crippen molar-refractivity contribution in [2.75, 3.05) is 0 Å². The Morgan fingerprint density at radius 3 is 2.65 bits per heavy atom. The molecule has 2 aromatic rings. The fourth-order valence-corrected chi connectivity index (χ4v) is 2.52. The molecule has 3 heteroatoms. The minimum atomic E-state index is 0.864. The quantitative estimate of drug-likeness (QED) is 0.786. The van der Waals surface area contributed by atoms with Crippen molar-refractivity contribution in [2.24, 2.45) is 0 Å². The molecule has 0 aliphatic heterocycles. The molecule has 0 aliphatic rings. The monoisotopic (exact) mass is 292 g/mol. The molecule has 0 fully saturated rings. The highest BCUT2D eigenvalue weighted by Crippen LogP contribution is 2.16. The van der Waals surface area contributed by atoms with Crippen LogP contribution < -0.4 is 0 Å². The van der Waals surface area contributed by atoms with Gasteiger partial charge in [-0.1, -0.05) is 47.1 Å². The molecule has 90 valence electrons. The van der Waals surface area contributed by atoms with Crippen LogP contribution in [0.1, 0.15) is 29.3 Å². The standard InChI is InChI=1S/C14H17BrN2/c1-3-14-13(8-15)9-16-17(14)10-12-7-5-4-6-11(12)2/h4-7,9H,3,8,10H2,1-2H3. The Hall–Kier alpha value is -1.09. The van der Waals surface area contributed by atoms with E-state index >= 15 is 0 Å². The number of hydrogen-bond donors (Lipinski definition) is 0. The van der Waals surface area contributed by atoms with Crippen molar-refractivity contribution in [1.29, 1.82) is 0 Å². The van der Waals surface area contributed by atoms with Crippen molar-refractivity contribution in [3.05, 3.63) is 52.8 Å². The van der Waals surface area contributed by atoms with Gasteiger partial charge in [-0.25, -0.2) is 0 Å². The molecule has 0 unspecified atom stereocenters. The van der Waals surface area contributed by atoms with Crippen LogP contribution >= 0.6 is 15.9 Å². The van der Waals surface area contributed by atoms with Crippen molar-refractivity contribution >= 4 is 15.9 Å². The molecule has 0 bridgehead atoms. The summed E-state index contributed by atoms with van der Waals surface area (Å²) >= 11 is 3.51. The molecule has 2 nitrogen and oxygen atoms in total. The lowest BCUT2D eigenvalue weighted by atomic mass is 10.1. The van der Waals surface area contributed by atoms with Gasteiger partial charge < -0.3 is 0 Å². The van der Waals surface area contributed by atoms with Gasteiger partial charge >= 0.3 is 0 Å². The summed E-state index contributed by atoms with van der Waals surface area (Å²) in [5.74, 6) is 0. The van der Waals surface area contributed by atoms with E-state index in [1.165, 1.54) is 22.4 Å². The van der Waals surface area contributed by atoms with Crippen LogP contribution in [-0.2, 0) is 18.3 Å². The largest absolute Gasteiger partial charge is 0.265 e. The van der Waals surface area contributed by atoms with Gasteiger partial charge in [0.15, 0.2) is 0 Å². The van der Waals surface area contributed by atoms with Gasteiger partial charge in [-0.15, -0.1) is 0 Å². The average molecular weight is 293 g/mol. The molecule has 2 rings (SSSR count). The van der Waals surface area contributed by atoms with Crippen LogP contribution in [0.2, 0.25) is 0 Å². The van der Waals surface area contributed by atoms with E-state index in [0.717, 1.165) is 18.3 Å². The fraction of sp³-hybridized carbons (Fsp3) is 0.357. The summed E-state index contributed by atoms with van der Waals surface area (Å²) in [6, 6.07) is 8.48. The third-order valence-corrected chi connectivity index (χ3v) is 3.70. The molecule has 17 heavy (non-hydrogen) atoms. The molecule has 0 atom stereocenters. The van der Waals surface area contributed by atoms with E-state index in [4.69, 9.17) is 0 Å². The van der Waals surface area contributed by atoms with E-state index in [9.17, 15) is 0 Å². The maximum Gasteiger partial charge on any atom is 0.0665 e. The molecule has 0 N–H and O–H groups in total. The van der Waals surface area contributed by atoms with Gasteiger partial charge in [0.2, 0.25) is 0 Å². The van der Waals surface area contributed by atoms with E-state index in [-0.39, 0.29) is 0 Å². The highest BCUT2D eigenvalue weighted by molar-refractivity contribution is 9.08. The first-order valence-electron chi connectivity index (χ1n) is 5.90. The summed E-state index contributed by atoms with van der Waals surface area (Å²) in [5, 5.41) is 5.36. The van der Waals surface area contributed by atoms with E-state index < -0.39 is 0 Å². The van der Waals surface area contributed by atoms with Crippen molar-refractivity contribution in [3.8, 4) is 0 Å². The van der Waals surface area contributed by atoms with Crippen LogP contribution in [0.5, 0.6) is 0 Å². The van der Waals surface area contributed by atoms with E-state index in [1.54, 1.807) is 0 Å². The Balaban J connectivity index is 2.30. The fourth-order valence-electron chi connectivity index (χ4n) is 2.06. The number of rotatable bonds is 4. The Morgan fingerprint density at radius 1 is 1.24 bits per heavy atom. The normalized spacial score (nSPS) is 10.8. The van der Waals surface area contributed by atoms with Crippen molar-refractivity contribution in [2.45, 2.75) is 32.1 Å². The second-order valence-corrected chi connectivity index (χ2v) is 4.75. The van der Waals surface area contributed by atoms with Gasteiger partial charge in [-0.2, -0.15) is 5.10 Å². The van der Waals surface area contributed by atoms with Crippen molar-refractivity contribution in [3.63, 3.8) is 0 Å². The third kappa shape index (κ3) is 2.60. The third-order valence-electron chi connectivity index (χ3n) is 3.10. The zero-order valence-electron chi connectivity index (χ0n) is 10.3. The number of aryl methyl sites for hydroxylation is 1. The average Bonchev–Trinajstić information content (AvgIpc) is 2.74. The molecule has 0 aliphatic carbocycles. The number of aromatic nitrogens is 2. The number of nitrogens with zero attached hydrogens (tertiary/aromatic N) is 2. The highest BCUT2D eigenvalue weighted by atomic mass is 79.9. The maximum atomic E-state index is 4.48. The summed E-state index contributed by atoms with van der Waals surface area (Å²) in [4.78, 5) is 0. The molecular weight excluding hydrogens is 276 g/mol. The molecule has 0 saturated carbocycles. The topological polar surface area (TPSA) is 17.8 Å². The van der Waals surface area contributed by atoms with Gasteiger partial charge in [0.05, 0.1) is 12.7 Å². The summed E-state index contributed by atoms with van der Waals surface area (Å²) in [7, 11) is 0. The second-order valence-electron chi connectivity index (χ2n) is 4.19. The van der Waals surface area contributed by atoms with Gasteiger partial charge in [-0.05, 0) is 24.5 Å². The molecule has 0 amide bonds. The maximum absolute atomic E-state index is 4.48. The van der Waals surface area contributed by atoms with Crippen molar-refractivity contribution in [1.82, 2.24) is 9.78 Å². The van der Waals surface area contributed by atoms with E-state index in [0.29, 0.717) is 0 Å². The minimum Gasteiger partial charge on any atom is -0.265 e. The number of alkyl halides is 1. The summed E-state index contributed by atoms with van der Waals surface area (Å²) in [6.07, 6.45) is 2.98. The van der Waals surface area contributed by atoms with Crippen LogP contribution in [0.25, 0.3) is 0 Å². The van der Waals surface area contributed by atoms with Gasteiger partial charge in [-0.3, -0.25) is 4.68 Å². The minimum absolute atomic E-state index is 0.864. The zero-order valence-corrected chi connectivity index (χ0v) is 11.9. The Labute approximate surface area is 111 Å². The number of benzene rings is 1. The molecule has 0 spiro atoms. The Bertz CT molecular complexity index is 503. The zero-order chi connectivity index (χ0) is 12.3. The first-order valence-corrected chi connectivity index (χ1v) is 7.02. The van der Waals surface area contributed by atoms with Crippen LogP contribution in [0.3, 0.4) is 0 Å². The summed E-state index contributed by atoms with van der Waals surface area (Å²) in [5.41, 5.74) is 5.28. The van der Waals surface area contributed by atoms with Gasteiger partial charge in [0, 0.05) is 16.6 Å². The molecule has 0 radical (unpaired) electrons. The smallest absolute Gasteiger partial charge is 0.0665 e. The second kappa shape index (κ2) is 5.50. The predicted octanol–water partition coefficient (Wildman–Crippen LogP) is 3.70. The van der Waals surface area contributed by atoms with Crippen LogP contribution in [-0.4, -0.2) is 9.78 Å². The molecule has 1 heterocycles. The predicted molar refractivity (Wildman–Crippen MR) is 74.5 cm³/mol. The lowest BCUT2D eigenvalue weighted by molar-refractivity contribution is 0.646. The molecule has 1 aromatic heterocycles. The first-order chi connectivity index (χ1) is 8.26. The van der Waals surface area contributed by atoms with Crippen LogP contribution in [0, 0.1) is 6.92 Å².